The summed E-state index contributed by atoms with van der Waals surface area (Å²) in [4.78, 5) is 12.4. The molecule has 6 nitrogen and oxygen atoms in total. The van der Waals surface area contributed by atoms with Crippen molar-refractivity contribution < 1.29 is 17.6 Å². The molecule has 162 valence electrons. The molecular formula is C23H23ClN2O4S. The van der Waals surface area contributed by atoms with Gasteiger partial charge in [-0.1, -0.05) is 42.8 Å². The Hall–Kier alpha value is -2.87. The molecule has 1 unspecified atom stereocenters. The maximum atomic E-state index is 12.4. The van der Waals surface area contributed by atoms with Crippen molar-refractivity contribution in [2.75, 3.05) is 0 Å². The summed E-state index contributed by atoms with van der Waals surface area (Å²) in [5, 5.41) is 3.60. The molecule has 1 amide bonds. The van der Waals surface area contributed by atoms with Gasteiger partial charge in [-0.15, -0.1) is 0 Å². The van der Waals surface area contributed by atoms with Gasteiger partial charge in [-0.2, -0.15) is 0 Å². The molecule has 0 aliphatic rings. The maximum Gasteiger partial charge on any atom is 0.244 e. The lowest BCUT2D eigenvalue weighted by atomic mass is 10.0. The van der Waals surface area contributed by atoms with E-state index >= 15 is 0 Å². The van der Waals surface area contributed by atoms with Crippen LogP contribution in [0.15, 0.2) is 82.3 Å². The summed E-state index contributed by atoms with van der Waals surface area (Å²) in [5.41, 5.74) is 1.69. The van der Waals surface area contributed by atoms with Crippen LogP contribution < -0.4 is 10.0 Å². The molecule has 3 aromatic rings. The van der Waals surface area contributed by atoms with Gasteiger partial charge in [-0.25, -0.2) is 13.1 Å². The second-order valence-electron chi connectivity index (χ2n) is 6.83. The summed E-state index contributed by atoms with van der Waals surface area (Å²) >= 11 is 5.92. The van der Waals surface area contributed by atoms with Crippen LogP contribution in [0.3, 0.4) is 0 Å². The fourth-order valence-electron chi connectivity index (χ4n) is 2.93. The van der Waals surface area contributed by atoms with Gasteiger partial charge >= 0.3 is 0 Å². The summed E-state index contributed by atoms with van der Waals surface area (Å²) in [5.74, 6) is 0.289. The van der Waals surface area contributed by atoms with Crippen LogP contribution in [-0.2, 0) is 21.4 Å². The second kappa shape index (κ2) is 10.4. The highest BCUT2D eigenvalue weighted by atomic mass is 35.5. The SMILES string of the molecule is CCC(NC(=O)/C=C/c1ccc(S(=O)(=O)NCc2ccco2)cc1)c1ccc(Cl)cc1. The van der Waals surface area contributed by atoms with Gasteiger partial charge < -0.3 is 9.73 Å². The summed E-state index contributed by atoms with van der Waals surface area (Å²) in [6.07, 6.45) is 5.28. The minimum Gasteiger partial charge on any atom is -0.468 e. The van der Waals surface area contributed by atoms with E-state index in [0.29, 0.717) is 16.3 Å². The Morgan fingerprint density at radius 3 is 2.42 bits per heavy atom. The van der Waals surface area contributed by atoms with Crippen molar-refractivity contribution in [3.05, 3.63) is 94.9 Å². The molecule has 0 bridgehead atoms. The van der Waals surface area contributed by atoms with Crippen molar-refractivity contribution in [1.29, 1.82) is 0 Å². The monoisotopic (exact) mass is 458 g/mol. The van der Waals surface area contributed by atoms with Gasteiger partial charge in [-0.05, 0) is 60.0 Å². The van der Waals surface area contributed by atoms with Crippen LogP contribution in [0.1, 0.15) is 36.3 Å². The Labute approximate surface area is 187 Å². The number of furan rings is 1. The Bertz CT molecular complexity index is 1120. The van der Waals surface area contributed by atoms with E-state index in [2.05, 4.69) is 10.0 Å². The summed E-state index contributed by atoms with van der Waals surface area (Å²) < 4.78 is 32.4. The molecule has 1 heterocycles. The third-order valence-corrected chi connectivity index (χ3v) is 6.30. The van der Waals surface area contributed by atoms with Crippen LogP contribution in [0.4, 0.5) is 0 Å². The largest absolute Gasteiger partial charge is 0.468 e. The average Bonchev–Trinajstić information content (AvgIpc) is 3.29. The molecular weight excluding hydrogens is 436 g/mol. The molecule has 1 aromatic heterocycles. The third-order valence-electron chi connectivity index (χ3n) is 4.63. The first kappa shape index (κ1) is 22.8. The van der Waals surface area contributed by atoms with Crippen LogP contribution >= 0.6 is 11.6 Å². The van der Waals surface area contributed by atoms with Gasteiger partial charge in [0, 0.05) is 11.1 Å². The van der Waals surface area contributed by atoms with Gasteiger partial charge in [-0.3, -0.25) is 4.79 Å². The minimum atomic E-state index is -3.66. The van der Waals surface area contributed by atoms with Crippen molar-refractivity contribution in [1.82, 2.24) is 10.0 Å². The molecule has 0 saturated heterocycles. The average molecular weight is 459 g/mol. The molecule has 1 atom stereocenters. The lowest BCUT2D eigenvalue weighted by Crippen LogP contribution is -2.26. The summed E-state index contributed by atoms with van der Waals surface area (Å²) in [7, 11) is -3.66. The number of hydrogen-bond donors (Lipinski definition) is 2. The molecule has 0 saturated carbocycles. The number of hydrogen-bond acceptors (Lipinski definition) is 4. The first-order valence-electron chi connectivity index (χ1n) is 9.73. The fourth-order valence-corrected chi connectivity index (χ4v) is 4.05. The van der Waals surface area contributed by atoms with Crippen molar-refractivity contribution in [3.63, 3.8) is 0 Å². The minimum absolute atomic E-state index is 0.0728. The van der Waals surface area contributed by atoms with Crippen LogP contribution in [0.25, 0.3) is 6.08 Å². The standard InChI is InChI=1S/C23H23ClN2O4S/c1-2-22(18-8-10-19(24)11-9-18)26-23(27)14-7-17-5-12-21(13-6-17)31(28,29)25-16-20-4-3-15-30-20/h3-15,22,25H,2,16H2,1H3,(H,26,27)/b14-7+. The maximum absolute atomic E-state index is 12.4. The van der Waals surface area contributed by atoms with E-state index in [1.54, 1.807) is 42.5 Å². The number of amides is 1. The van der Waals surface area contributed by atoms with Gasteiger partial charge in [0.25, 0.3) is 0 Å². The van der Waals surface area contributed by atoms with Crippen molar-refractivity contribution in [3.8, 4) is 0 Å². The molecule has 0 aliphatic carbocycles. The van der Waals surface area contributed by atoms with Crippen molar-refractivity contribution >= 4 is 33.6 Å². The first-order chi connectivity index (χ1) is 14.9. The Morgan fingerprint density at radius 2 is 1.81 bits per heavy atom. The van der Waals surface area contributed by atoms with Crippen molar-refractivity contribution in [2.45, 2.75) is 30.8 Å². The first-order valence-corrected chi connectivity index (χ1v) is 11.6. The van der Waals surface area contributed by atoms with E-state index in [1.165, 1.54) is 24.5 Å². The van der Waals surface area contributed by atoms with E-state index in [4.69, 9.17) is 16.0 Å². The van der Waals surface area contributed by atoms with Crippen LogP contribution in [0, 0.1) is 0 Å². The topological polar surface area (TPSA) is 88.4 Å². The molecule has 3 rings (SSSR count). The quantitative estimate of drug-likeness (QED) is 0.455. The molecule has 8 heteroatoms. The van der Waals surface area contributed by atoms with E-state index in [-0.39, 0.29) is 23.4 Å². The zero-order chi connectivity index (χ0) is 22.3. The number of sulfonamides is 1. The molecule has 2 aromatic carbocycles. The Morgan fingerprint density at radius 1 is 1.10 bits per heavy atom. The summed E-state index contributed by atoms with van der Waals surface area (Å²) in [6, 6.07) is 16.9. The highest BCUT2D eigenvalue weighted by Gasteiger charge is 2.14. The zero-order valence-corrected chi connectivity index (χ0v) is 18.5. The highest BCUT2D eigenvalue weighted by molar-refractivity contribution is 7.89. The molecule has 31 heavy (non-hydrogen) atoms. The Kier molecular flexibility index (Phi) is 7.68. The zero-order valence-electron chi connectivity index (χ0n) is 16.9. The fraction of sp³-hybridized carbons (Fsp3) is 0.174. The smallest absolute Gasteiger partial charge is 0.244 e. The lowest BCUT2D eigenvalue weighted by Gasteiger charge is -2.16. The molecule has 0 aliphatic heterocycles. The van der Waals surface area contributed by atoms with Gasteiger partial charge in [0.1, 0.15) is 5.76 Å². The second-order valence-corrected chi connectivity index (χ2v) is 9.03. The van der Waals surface area contributed by atoms with Crippen molar-refractivity contribution in [2.24, 2.45) is 0 Å². The molecule has 2 N–H and O–H groups in total. The van der Waals surface area contributed by atoms with Crippen LogP contribution in [-0.4, -0.2) is 14.3 Å². The number of benzene rings is 2. The van der Waals surface area contributed by atoms with Gasteiger partial charge in [0.2, 0.25) is 15.9 Å². The number of nitrogens with one attached hydrogen (secondary N) is 2. The van der Waals surface area contributed by atoms with Crippen LogP contribution in [0.2, 0.25) is 5.02 Å². The number of carbonyl (C=O) groups excluding carboxylic acids is 1. The number of carbonyl (C=O) groups is 1. The van der Waals surface area contributed by atoms with Gasteiger partial charge in [0.15, 0.2) is 0 Å². The number of rotatable bonds is 9. The summed E-state index contributed by atoms with van der Waals surface area (Å²) in [6.45, 7) is 2.06. The Balaban J connectivity index is 1.59. The normalized spacial score (nSPS) is 12.7. The molecule has 0 radical (unpaired) electrons. The molecule has 0 spiro atoms. The number of halogens is 1. The third kappa shape index (κ3) is 6.55. The highest BCUT2D eigenvalue weighted by Crippen LogP contribution is 2.19. The lowest BCUT2D eigenvalue weighted by molar-refractivity contribution is -0.117. The van der Waals surface area contributed by atoms with Crippen LogP contribution in [0.5, 0.6) is 0 Å². The van der Waals surface area contributed by atoms with E-state index in [1.807, 2.05) is 19.1 Å². The predicted octanol–water partition coefficient (Wildman–Crippen LogP) is 4.69. The van der Waals surface area contributed by atoms with E-state index < -0.39 is 10.0 Å². The van der Waals surface area contributed by atoms with Gasteiger partial charge in [0.05, 0.1) is 23.7 Å². The molecule has 0 fully saturated rings. The van der Waals surface area contributed by atoms with E-state index in [9.17, 15) is 13.2 Å². The van der Waals surface area contributed by atoms with E-state index in [0.717, 1.165) is 12.0 Å². The predicted molar refractivity (Wildman–Crippen MR) is 121 cm³/mol.